The smallest absolute Gasteiger partial charge is 0.291 e. The van der Waals surface area contributed by atoms with Gasteiger partial charge in [-0.25, -0.2) is 0 Å². The highest BCUT2D eigenvalue weighted by molar-refractivity contribution is 6.02. The Labute approximate surface area is 144 Å². The third-order valence-electron chi connectivity index (χ3n) is 3.43. The number of benzene rings is 2. The molecule has 0 unspecified atom stereocenters. The molecule has 3 aromatic rings. The first-order valence-electron chi connectivity index (χ1n) is 7.60. The molecular formula is C19H17NO5. The molecule has 0 fully saturated rings. The van der Waals surface area contributed by atoms with Gasteiger partial charge in [0.15, 0.2) is 5.76 Å². The fourth-order valence-corrected chi connectivity index (χ4v) is 2.18. The lowest BCUT2D eigenvalue weighted by atomic mass is 10.3. The lowest BCUT2D eigenvalue weighted by molar-refractivity contribution is 0.0992. The number of phenolic OH excluding ortho intramolecular Hbond substituents is 1. The molecule has 6 nitrogen and oxygen atoms in total. The second-order valence-corrected chi connectivity index (χ2v) is 5.23. The van der Waals surface area contributed by atoms with Crippen LogP contribution in [0, 0.1) is 0 Å². The average Bonchev–Trinajstić information content (AvgIpc) is 3.09. The molecule has 0 atom stereocenters. The molecule has 0 radical (unpaired) electrons. The summed E-state index contributed by atoms with van der Waals surface area (Å²) in [6.45, 7) is 0.200. The molecule has 0 aliphatic carbocycles. The van der Waals surface area contributed by atoms with E-state index in [0.717, 1.165) is 5.75 Å². The van der Waals surface area contributed by atoms with E-state index in [-0.39, 0.29) is 18.1 Å². The number of phenols is 1. The van der Waals surface area contributed by atoms with E-state index in [0.29, 0.717) is 17.2 Å². The number of rotatable bonds is 6. The molecule has 0 spiro atoms. The highest BCUT2D eigenvalue weighted by Gasteiger charge is 2.12. The van der Waals surface area contributed by atoms with Gasteiger partial charge >= 0.3 is 0 Å². The number of anilines is 1. The summed E-state index contributed by atoms with van der Waals surface area (Å²) in [6, 6.07) is 16.7. The number of methoxy groups -OCH3 is 1. The van der Waals surface area contributed by atoms with Gasteiger partial charge in [0.1, 0.15) is 29.6 Å². The Kier molecular flexibility index (Phi) is 4.89. The fraction of sp³-hybridized carbons (Fsp3) is 0.105. The van der Waals surface area contributed by atoms with Crippen LogP contribution in [0.3, 0.4) is 0 Å². The minimum absolute atomic E-state index is 0.0748. The molecule has 0 saturated heterocycles. The quantitative estimate of drug-likeness (QED) is 0.713. The lowest BCUT2D eigenvalue weighted by Crippen LogP contribution is -2.10. The van der Waals surface area contributed by atoms with Crippen molar-refractivity contribution in [2.24, 2.45) is 0 Å². The maximum atomic E-state index is 12.1. The number of carbonyl (C=O) groups excluding carboxylic acids is 1. The van der Waals surface area contributed by atoms with Crippen molar-refractivity contribution in [3.8, 4) is 17.2 Å². The van der Waals surface area contributed by atoms with Gasteiger partial charge in [-0.2, -0.15) is 0 Å². The van der Waals surface area contributed by atoms with Crippen LogP contribution in [0.2, 0.25) is 0 Å². The van der Waals surface area contributed by atoms with E-state index in [1.807, 2.05) is 0 Å². The standard InChI is InChI=1S/C19H17NO5/c1-23-15-5-7-16(8-6-15)24-12-17-9-10-18(25-17)19(22)20-13-3-2-4-14(21)11-13/h2-11,21H,12H2,1H3,(H,20,22). The van der Waals surface area contributed by atoms with E-state index in [9.17, 15) is 9.90 Å². The van der Waals surface area contributed by atoms with Gasteiger partial charge in [0, 0.05) is 11.8 Å². The number of aromatic hydroxyl groups is 1. The monoisotopic (exact) mass is 339 g/mol. The van der Waals surface area contributed by atoms with Crippen LogP contribution in [0.1, 0.15) is 16.3 Å². The third kappa shape index (κ3) is 4.32. The van der Waals surface area contributed by atoms with Crippen LogP contribution in [-0.2, 0) is 6.61 Å². The van der Waals surface area contributed by atoms with Crippen LogP contribution in [0.15, 0.2) is 65.1 Å². The summed E-state index contributed by atoms with van der Waals surface area (Å²) < 4.78 is 16.2. The van der Waals surface area contributed by atoms with Crippen LogP contribution in [0.4, 0.5) is 5.69 Å². The summed E-state index contributed by atoms with van der Waals surface area (Å²) in [4.78, 5) is 12.1. The minimum atomic E-state index is -0.402. The van der Waals surface area contributed by atoms with Crippen molar-refractivity contribution >= 4 is 11.6 Å². The second-order valence-electron chi connectivity index (χ2n) is 5.23. The van der Waals surface area contributed by atoms with E-state index in [4.69, 9.17) is 13.9 Å². The van der Waals surface area contributed by atoms with Gasteiger partial charge in [0.25, 0.3) is 5.91 Å². The molecule has 2 aromatic carbocycles. The molecule has 25 heavy (non-hydrogen) atoms. The van der Waals surface area contributed by atoms with Crippen LogP contribution in [-0.4, -0.2) is 18.1 Å². The van der Waals surface area contributed by atoms with Gasteiger partial charge in [-0.1, -0.05) is 6.07 Å². The Balaban J connectivity index is 1.58. The minimum Gasteiger partial charge on any atom is -0.508 e. The Morgan fingerprint density at radius 1 is 1.08 bits per heavy atom. The van der Waals surface area contributed by atoms with Gasteiger partial charge in [-0.3, -0.25) is 4.79 Å². The first-order chi connectivity index (χ1) is 12.1. The number of hydrogen-bond acceptors (Lipinski definition) is 5. The van der Waals surface area contributed by atoms with Gasteiger partial charge in [0.05, 0.1) is 7.11 Å². The number of carbonyl (C=O) groups is 1. The molecule has 0 saturated carbocycles. The summed E-state index contributed by atoms with van der Waals surface area (Å²) >= 11 is 0. The first kappa shape index (κ1) is 16.4. The second kappa shape index (κ2) is 7.44. The fourth-order valence-electron chi connectivity index (χ4n) is 2.18. The Bertz CT molecular complexity index is 854. The maximum Gasteiger partial charge on any atom is 0.291 e. The number of hydrogen-bond donors (Lipinski definition) is 2. The van der Waals surface area contributed by atoms with Gasteiger partial charge in [-0.15, -0.1) is 0 Å². The largest absolute Gasteiger partial charge is 0.508 e. The Morgan fingerprint density at radius 2 is 1.84 bits per heavy atom. The molecule has 1 amide bonds. The zero-order valence-electron chi connectivity index (χ0n) is 13.6. The van der Waals surface area contributed by atoms with E-state index in [1.165, 1.54) is 12.1 Å². The molecule has 0 aliphatic rings. The number of amides is 1. The molecule has 0 bridgehead atoms. The van der Waals surface area contributed by atoms with E-state index in [1.54, 1.807) is 55.6 Å². The molecule has 128 valence electrons. The topological polar surface area (TPSA) is 80.9 Å². The van der Waals surface area contributed by atoms with Gasteiger partial charge in [-0.05, 0) is 48.5 Å². The van der Waals surface area contributed by atoms with Crippen molar-refractivity contribution < 1.29 is 23.8 Å². The SMILES string of the molecule is COc1ccc(OCc2ccc(C(=O)Nc3cccc(O)c3)o2)cc1. The first-order valence-corrected chi connectivity index (χ1v) is 7.60. The number of ether oxygens (including phenoxy) is 2. The van der Waals surface area contributed by atoms with Crippen molar-refractivity contribution in [2.45, 2.75) is 6.61 Å². The van der Waals surface area contributed by atoms with Gasteiger partial charge in [0.2, 0.25) is 0 Å². The molecule has 1 heterocycles. The van der Waals surface area contributed by atoms with Crippen molar-refractivity contribution in [3.63, 3.8) is 0 Å². The van der Waals surface area contributed by atoms with Crippen LogP contribution >= 0.6 is 0 Å². The number of furan rings is 1. The van der Waals surface area contributed by atoms with Crippen molar-refractivity contribution in [1.82, 2.24) is 0 Å². The van der Waals surface area contributed by atoms with Crippen LogP contribution in [0.25, 0.3) is 0 Å². The Morgan fingerprint density at radius 3 is 2.56 bits per heavy atom. The zero-order chi connectivity index (χ0) is 17.6. The maximum absolute atomic E-state index is 12.1. The third-order valence-corrected chi connectivity index (χ3v) is 3.43. The van der Waals surface area contributed by atoms with E-state index < -0.39 is 5.91 Å². The average molecular weight is 339 g/mol. The van der Waals surface area contributed by atoms with Crippen molar-refractivity contribution in [1.29, 1.82) is 0 Å². The van der Waals surface area contributed by atoms with Crippen molar-refractivity contribution in [2.75, 3.05) is 12.4 Å². The molecule has 3 rings (SSSR count). The molecule has 6 heteroatoms. The highest BCUT2D eigenvalue weighted by Crippen LogP contribution is 2.20. The van der Waals surface area contributed by atoms with E-state index >= 15 is 0 Å². The Hall–Kier alpha value is -3.41. The molecule has 1 aromatic heterocycles. The summed E-state index contributed by atoms with van der Waals surface area (Å²) in [7, 11) is 1.60. The summed E-state index contributed by atoms with van der Waals surface area (Å²) in [5.41, 5.74) is 0.484. The predicted molar refractivity (Wildman–Crippen MR) is 92.1 cm³/mol. The van der Waals surface area contributed by atoms with Crippen LogP contribution < -0.4 is 14.8 Å². The summed E-state index contributed by atoms with van der Waals surface area (Å²) in [6.07, 6.45) is 0. The summed E-state index contributed by atoms with van der Waals surface area (Å²) in [5.74, 6) is 1.78. The predicted octanol–water partition coefficient (Wildman–Crippen LogP) is 3.83. The van der Waals surface area contributed by atoms with Crippen LogP contribution in [0.5, 0.6) is 17.2 Å². The molecule has 2 N–H and O–H groups in total. The molecule has 0 aliphatic heterocycles. The number of nitrogens with one attached hydrogen (secondary N) is 1. The van der Waals surface area contributed by atoms with Gasteiger partial charge < -0.3 is 24.3 Å². The van der Waals surface area contributed by atoms with E-state index in [2.05, 4.69) is 5.32 Å². The zero-order valence-corrected chi connectivity index (χ0v) is 13.6. The van der Waals surface area contributed by atoms with Crippen molar-refractivity contribution in [3.05, 3.63) is 72.2 Å². The lowest BCUT2D eigenvalue weighted by Gasteiger charge is -2.05. The molecular weight excluding hydrogens is 322 g/mol. The highest BCUT2D eigenvalue weighted by atomic mass is 16.5. The summed E-state index contributed by atoms with van der Waals surface area (Å²) in [5, 5.41) is 12.1. The normalized spacial score (nSPS) is 10.3.